The van der Waals surface area contributed by atoms with Crippen LogP contribution in [0.3, 0.4) is 0 Å². The van der Waals surface area contributed by atoms with Gasteiger partial charge >= 0.3 is 0 Å². The van der Waals surface area contributed by atoms with E-state index >= 15 is 0 Å². The van der Waals surface area contributed by atoms with E-state index in [0.29, 0.717) is 5.69 Å². The molecule has 0 aliphatic heterocycles. The number of hydrogen-bond donors (Lipinski definition) is 1. The first-order valence-corrected chi connectivity index (χ1v) is 6.27. The van der Waals surface area contributed by atoms with Gasteiger partial charge in [0.25, 0.3) is 0 Å². The van der Waals surface area contributed by atoms with E-state index in [1.807, 2.05) is 44.3 Å². The fourth-order valence-electron chi connectivity index (χ4n) is 1.88. The molecule has 1 rings (SSSR count). The summed E-state index contributed by atoms with van der Waals surface area (Å²) in [4.78, 5) is 14.0. The van der Waals surface area contributed by atoms with Crippen LogP contribution in [-0.2, 0) is 4.79 Å². The van der Waals surface area contributed by atoms with E-state index in [-0.39, 0.29) is 11.8 Å². The normalized spacial score (nSPS) is 11.9. The van der Waals surface area contributed by atoms with Crippen molar-refractivity contribution in [3.63, 3.8) is 0 Å². The van der Waals surface area contributed by atoms with Crippen LogP contribution in [0.1, 0.15) is 31.2 Å². The zero-order valence-corrected chi connectivity index (χ0v) is 11.2. The van der Waals surface area contributed by atoms with Crippen LogP contribution >= 0.6 is 0 Å². The summed E-state index contributed by atoms with van der Waals surface area (Å²) in [6.45, 7) is 6.36. The van der Waals surface area contributed by atoms with Crippen molar-refractivity contribution in [3.8, 4) is 0 Å². The minimum absolute atomic E-state index is 0.129. The molecule has 1 aromatic carbocycles. The van der Waals surface area contributed by atoms with Crippen molar-refractivity contribution >= 4 is 11.6 Å². The molecule has 1 aromatic rings. The van der Waals surface area contributed by atoms with Gasteiger partial charge in [0, 0.05) is 19.3 Å². The molecule has 98 valence electrons. The summed E-state index contributed by atoms with van der Waals surface area (Å²) in [5.74, 6) is -0.0214. The average Bonchev–Trinajstić information content (AvgIpc) is 2.37. The highest BCUT2D eigenvalue weighted by molar-refractivity contribution is 5.83. The zero-order chi connectivity index (χ0) is 13.5. The fourth-order valence-corrected chi connectivity index (χ4v) is 1.88. The second-order valence-corrected chi connectivity index (χ2v) is 4.58. The van der Waals surface area contributed by atoms with Gasteiger partial charge < -0.3 is 10.6 Å². The number of rotatable bonds is 6. The first kappa shape index (κ1) is 14.3. The number of anilines is 1. The van der Waals surface area contributed by atoms with Crippen molar-refractivity contribution < 1.29 is 4.79 Å². The number of nitrogens with two attached hydrogens (primary N) is 1. The molecule has 0 aromatic heterocycles. The minimum atomic E-state index is -0.151. The van der Waals surface area contributed by atoms with Gasteiger partial charge in [0.2, 0.25) is 5.91 Å². The van der Waals surface area contributed by atoms with Crippen molar-refractivity contribution in [3.05, 3.63) is 42.5 Å². The Labute approximate surface area is 109 Å². The Morgan fingerprint density at radius 2 is 2.28 bits per heavy atom. The SMILES string of the molecule is C=CCCCN(C)C(=O)C(C)c1cccc(N)c1. The van der Waals surface area contributed by atoms with Gasteiger partial charge in [-0.25, -0.2) is 0 Å². The maximum absolute atomic E-state index is 12.2. The van der Waals surface area contributed by atoms with Crippen LogP contribution in [-0.4, -0.2) is 24.4 Å². The molecule has 1 atom stereocenters. The highest BCUT2D eigenvalue weighted by atomic mass is 16.2. The van der Waals surface area contributed by atoms with E-state index in [1.54, 1.807) is 4.90 Å². The molecule has 18 heavy (non-hydrogen) atoms. The summed E-state index contributed by atoms with van der Waals surface area (Å²) in [7, 11) is 1.84. The standard InChI is InChI=1S/C15H22N2O/c1-4-5-6-10-17(3)15(18)12(2)13-8-7-9-14(16)11-13/h4,7-9,11-12H,1,5-6,10,16H2,2-3H3. The van der Waals surface area contributed by atoms with Crippen molar-refractivity contribution in [1.29, 1.82) is 0 Å². The highest BCUT2D eigenvalue weighted by Gasteiger charge is 2.18. The van der Waals surface area contributed by atoms with E-state index in [9.17, 15) is 4.79 Å². The largest absolute Gasteiger partial charge is 0.399 e. The molecule has 0 radical (unpaired) electrons. The van der Waals surface area contributed by atoms with Crippen LogP contribution in [0.5, 0.6) is 0 Å². The lowest BCUT2D eigenvalue weighted by molar-refractivity contribution is -0.131. The fraction of sp³-hybridized carbons (Fsp3) is 0.400. The summed E-state index contributed by atoms with van der Waals surface area (Å²) in [5.41, 5.74) is 7.40. The number of benzene rings is 1. The van der Waals surface area contributed by atoms with Gasteiger partial charge in [0.05, 0.1) is 5.92 Å². The predicted molar refractivity (Wildman–Crippen MR) is 76.3 cm³/mol. The summed E-state index contributed by atoms with van der Waals surface area (Å²) in [5, 5.41) is 0. The lowest BCUT2D eigenvalue weighted by Gasteiger charge is -2.21. The maximum atomic E-state index is 12.2. The molecule has 2 N–H and O–H groups in total. The molecule has 0 fully saturated rings. The molecule has 0 aliphatic rings. The number of unbranched alkanes of at least 4 members (excludes halogenated alkanes) is 1. The van der Waals surface area contributed by atoms with Crippen LogP contribution in [0.15, 0.2) is 36.9 Å². The van der Waals surface area contributed by atoms with Crippen LogP contribution in [0.25, 0.3) is 0 Å². The molecule has 0 spiro atoms. The molecule has 3 heteroatoms. The smallest absolute Gasteiger partial charge is 0.229 e. The topological polar surface area (TPSA) is 46.3 Å². The molecule has 0 heterocycles. The number of nitrogens with zero attached hydrogens (tertiary/aromatic N) is 1. The van der Waals surface area contributed by atoms with Crippen molar-refractivity contribution in [2.75, 3.05) is 19.3 Å². The first-order chi connectivity index (χ1) is 8.56. The van der Waals surface area contributed by atoms with E-state index in [1.165, 1.54) is 0 Å². The van der Waals surface area contributed by atoms with Crippen LogP contribution in [0, 0.1) is 0 Å². The average molecular weight is 246 g/mol. The van der Waals surface area contributed by atoms with Gasteiger partial charge in [-0.3, -0.25) is 4.79 Å². The molecule has 1 unspecified atom stereocenters. The maximum Gasteiger partial charge on any atom is 0.229 e. The van der Waals surface area contributed by atoms with E-state index in [4.69, 9.17) is 5.73 Å². The third-order valence-electron chi connectivity index (χ3n) is 3.06. The van der Waals surface area contributed by atoms with Crippen molar-refractivity contribution in [1.82, 2.24) is 4.90 Å². The monoisotopic (exact) mass is 246 g/mol. The first-order valence-electron chi connectivity index (χ1n) is 6.27. The molecule has 1 amide bonds. The number of carbonyl (C=O) groups is 1. The molecule has 0 saturated heterocycles. The third kappa shape index (κ3) is 3.91. The summed E-state index contributed by atoms with van der Waals surface area (Å²) in [6.07, 6.45) is 3.76. The van der Waals surface area contributed by atoms with Gasteiger partial charge in [-0.05, 0) is 37.5 Å². The summed E-state index contributed by atoms with van der Waals surface area (Å²) >= 11 is 0. The Bertz CT molecular complexity index is 415. The van der Waals surface area contributed by atoms with Crippen LogP contribution < -0.4 is 5.73 Å². The third-order valence-corrected chi connectivity index (χ3v) is 3.06. The second kappa shape index (κ2) is 6.84. The Balaban J connectivity index is 2.62. The lowest BCUT2D eigenvalue weighted by Crippen LogP contribution is -2.31. The quantitative estimate of drug-likeness (QED) is 0.476. The molecule has 0 bridgehead atoms. The van der Waals surface area contributed by atoms with Crippen LogP contribution in [0.4, 0.5) is 5.69 Å². The highest BCUT2D eigenvalue weighted by Crippen LogP contribution is 2.19. The Morgan fingerprint density at radius 1 is 1.56 bits per heavy atom. The molecule has 0 aliphatic carbocycles. The Kier molecular flexibility index (Phi) is 5.43. The van der Waals surface area contributed by atoms with E-state index in [0.717, 1.165) is 24.9 Å². The number of allylic oxidation sites excluding steroid dienone is 1. The molecule has 0 saturated carbocycles. The van der Waals surface area contributed by atoms with Crippen molar-refractivity contribution in [2.24, 2.45) is 0 Å². The van der Waals surface area contributed by atoms with Gasteiger partial charge in [0.1, 0.15) is 0 Å². The number of amides is 1. The lowest BCUT2D eigenvalue weighted by atomic mass is 9.99. The van der Waals surface area contributed by atoms with Gasteiger partial charge in [-0.2, -0.15) is 0 Å². The zero-order valence-electron chi connectivity index (χ0n) is 11.2. The number of nitrogen functional groups attached to an aromatic ring is 1. The van der Waals surface area contributed by atoms with Gasteiger partial charge in [0.15, 0.2) is 0 Å². The van der Waals surface area contributed by atoms with Crippen LogP contribution in [0.2, 0.25) is 0 Å². The number of carbonyl (C=O) groups excluding carboxylic acids is 1. The van der Waals surface area contributed by atoms with Crippen molar-refractivity contribution in [2.45, 2.75) is 25.7 Å². The summed E-state index contributed by atoms with van der Waals surface area (Å²) in [6, 6.07) is 7.51. The molecular formula is C15H22N2O. The van der Waals surface area contributed by atoms with Gasteiger partial charge in [-0.15, -0.1) is 6.58 Å². The van der Waals surface area contributed by atoms with E-state index < -0.39 is 0 Å². The minimum Gasteiger partial charge on any atom is -0.399 e. The van der Waals surface area contributed by atoms with Gasteiger partial charge in [-0.1, -0.05) is 18.2 Å². The summed E-state index contributed by atoms with van der Waals surface area (Å²) < 4.78 is 0. The molecule has 3 nitrogen and oxygen atoms in total. The number of hydrogen-bond acceptors (Lipinski definition) is 2. The second-order valence-electron chi connectivity index (χ2n) is 4.58. The molecular weight excluding hydrogens is 224 g/mol. The predicted octanol–water partition coefficient (Wildman–Crippen LogP) is 2.80. The number of likely N-dealkylation sites (N-methyl/N-ethyl adjacent to an activating group) is 1. The van der Waals surface area contributed by atoms with E-state index in [2.05, 4.69) is 6.58 Å². The Morgan fingerprint density at radius 3 is 2.89 bits per heavy atom. The Hall–Kier alpha value is -1.77.